The molecule has 1 aliphatic heterocycles. The van der Waals surface area contributed by atoms with Crippen LogP contribution in [-0.2, 0) is 21.2 Å². The number of amides is 1. The second-order valence-electron chi connectivity index (χ2n) is 7.40. The molecule has 0 radical (unpaired) electrons. The van der Waals surface area contributed by atoms with Gasteiger partial charge in [-0.3, -0.25) is 4.79 Å². The Bertz CT molecular complexity index is 942. The fraction of sp³-hybridized carbons (Fsp3) is 0.409. The summed E-state index contributed by atoms with van der Waals surface area (Å²) in [4.78, 5) is 14.7. The van der Waals surface area contributed by atoms with Crippen LogP contribution >= 0.6 is 0 Å². The first kappa shape index (κ1) is 22.1. The molecule has 3 rings (SSSR count). The molecule has 1 aliphatic rings. The zero-order valence-corrected chi connectivity index (χ0v) is 18.2. The molecule has 30 heavy (non-hydrogen) atoms. The van der Waals surface area contributed by atoms with E-state index < -0.39 is 10.0 Å². The molecule has 1 saturated heterocycles. The van der Waals surface area contributed by atoms with Crippen molar-refractivity contribution < 1.29 is 22.7 Å². The number of hydrogen-bond donors (Lipinski definition) is 1. The Morgan fingerprint density at radius 1 is 1.03 bits per heavy atom. The van der Waals surface area contributed by atoms with Crippen molar-refractivity contribution in [1.29, 1.82) is 0 Å². The fourth-order valence-corrected chi connectivity index (χ4v) is 4.67. The topological polar surface area (TPSA) is 84.9 Å². The zero-order valence-electron chi connectivity index (χ0n) is 17.3. The van der Waals surface area contributed by atoms with Gasteiger partial charge in [0.1, 0.15) is 11.5 Å². The van der Waals surface area contributed by atoms with Crippen molar-refractivity contribution in [2.75, 3.05) is 33.9 Å². The summed E-state index contributed by atoms with van der Waals surface area (Å²) in [6.07, 6.45) is 2.08. The van der Waals surface area contributed by atoms with Gasteiger partial charge in [0, 0.05) is 19.6 Å². The predicted octanol–water partition coefficient (Wildman–Crippen LogP) is 2.46. The highest BCUT2D eigenvalue weighted by atomic mass is 32.2. The van der Waals surface area contributed by atoms with Crippen LogP contribution in [-0.4, -0.2) is 53.1 Å². The summed E-state index contributed by atoms with van der Waals surface area (Å²) in [6, 6.07) is 13.7. The largest absolute Gasteiger partial charge is 0.497 e. The Morgan fingerprint density at radius 3 is 2.23 bits per heavy atom. The van der Waals surface area contributed by atoms with E-state index in [1.807, 2.05) is 29.2 Å². The second kappa shape index (κ2) is 9.95. The smallest absolute Gasteiger partial charge is 0.240 e. The van der Waals surface area contributed by atoms with Crippen LogP contribution in [0.3, 0.4) is 0 Å². The number of hydrogen-bond acceptors (Lipinski definition) is 5. The summed E-state index contributed by atoms with van der Waals surface area (Å²) in [6.45, 7) is 1.57. The van der Waals surface area contributed by atoms with Gasteiger partial charge in [-0.05, 0) is 60.7 Å². The van der Waals surface area contributed by atoms with Gasteiger partial charge in [-0.15, -0.1) is 0 Å². The van der Waals surface area contributed by atoms with E-state index in [2.05, 4.69) is 4.72 Å². The number of methoxy groups -OCH3 is 2. The van der Waals surface area contributed by atoms with E-state index in [9.17, 15) is 13.2 Å². The molecule has 0 bridgehead atoms. The Kier molecular flexibility index (Phi) is 7.33. The zero-order chi connectivity index (χ0) is 21.6. The fourth-order valence-electron chi connectivity index (χ4n) is 3.55. The molecular formula is C22H28N2O5S. The molecule has 8 heteroatoms. The molecule has 2 aromatic rings. The minimum absolute atomic E-state index is 0.0582. The van der Waals surface area contributed by atoms with Crippen LogP contribution in [0, 0.1) is 5.92 Å². The van der Waals surface area contributed by atoms with E-state index >= 15 is 0 Å². The molecule has 162 valence electrons. The summed E-state index contributed by atoms with van der Waals surface area (Å²) >= 11 is 0. The third-order valence-electron chi connectivity index (χ3n) is 5.32. The van der Waals surface area contributed by atoms with Crippen LogP contribution in [0.25, 0.3) is 0 Å². The number of rotatable bonds is 8. The normalized spacial score (nSPS) is 16.9. The molecule has 1 heterocycles. The lowest BCUT2D eigenvalue weighted by atomic mass is 9.97. The van der Waals surface area contributed by atoms with Crippen LogP contribution in [0.15, 0.2) is 53.4 Å². The van der Waals surface area contributed by atoms with Crippen LogP contribution in [0.1, 0.15) is 18.4 Å². The molecule has 0 saturated carbocycles. The third-order valence-corrected chi connectivity index (χ3v) is 6.76. The molecule has 1 amide bonds. The quantitative estimate of drug-likeness (QED) is 0.693. The highest BCUT2D eigenvalue weighted by Gasteiger charge is 2.25. The SMILES string of the molecule is COc1ccc(CC(=O)N2CCCC(CNS(=O)(=O)c3ccc(OC)cc3)C2)cc1. The Hall–Kier alpha value is -2.58. The maximum absolute atomic E-state index is 12.7. The van der Waals surface area contributed by atoms with Gasteiger partial charge in [0.05, 0.1) is 25.5 Å². The Morgan fingerprint density at radius 2 is 1.63 bits per heavy atom. The maximum atomic E-state index is 12.7. The number of ether oxygens (including phenoxy) is 2. The monoisotopic (exact) mass is 432 g/mol. The molecule has 0 spiro atoms. The number of likely N-dealkylation sites (tertiary alicyclic amines) is 1. The number of nitrogens with one attached hydrogen (secondary N) is 1. The average Bonchev–Trinajstić information content (AvgIpc) is 2.78. The second-order valence-corrected chi connectivity index (χ2v) is 9.17. The van der Waals surface area contributed by atoms with Crippen molar-refractivity contribution in [3.05, 3.63) is 54.1 Å². The Balaban J connectivity index is 1.54. The summed E-state index contributed by atoms with van der Waals surface area (Å²) in [5.41, 5.74) is 0.933. The lowest BCUT2D eigenvalue weighted by molar-refractivity contribution is -0.132. The van der Waals surface area contributed by atoms with E-state index in [4.69, 9.17) is 9.47 Å². The average molecular weight is 433 g/mol. The maximum Gasteiger partial charge on any atom is 0.240 e. The van der Waals surface area contributed by atoms with Gasteiger partial charge < -0.3 is 14.4 Å². The van der Waals surface area contributed by atoms with Gasteiger partial charge in [-0.1, -0.05) is 12.1 Å². The molecule has 7 nitrogen and oxygen atoms in total. The molecule has 0 aromatic heterocycles. The summed E-state index contributed by atoms with van der Waals surface area (Å²) in [7, 11) is -0.456. The van der Waals surface area contributed by atoms with E-state index in [1.54, 1.807) is 19.2 Å². The van der Waals surface area contributed by atoms with Crippen molar-refractivity contribution >= 4 is 15.9 Å². The van der Waals surface area contributed by atoms with Crippen LogP contribution in [0.5, 0.6) is 11.5 Å². The predicted molar refractivity (Wildman–Crippen MR) is 114 cm³/mol. The van der Waals surface area contributed by atoms with Crippen LogP contribution < -0.4 is 14.2 Å². The number of carbonyl (C=O) groups excluding carboxylic acids is 1. The van der Waals surface area contributed by atoms with Gasteiger partial charge >= 0.3 is 0 Å². The standard InChI is InChI=1S/C22H28N2O5S/c1-28-19-7-5-17(6-8-19)14-22(25)24-13-3-4-18(16-24)15-23-30(26,27)21-11-9-20(29-2)10-12-21/h5-12,18,23H,3-4,13-16H2,1-2H3. The summed E-state index contributed by atoms with van der Waals surface area (Å²) in [5, 5.41) is 0. The highest BCUT2D eigenvalue weighted by molar-refractivity contribution is 7.89. The van der Waals surface area contributed by atoms with Crippen molar-refractivity contribution in [2.45, 2.75) is 24.2 Å². The van der Waals surface area contributed by atoms with Crippen molar-refractivity contribution in [1.82, 2.24) is 9.62 Å². The molecule has 2 aromatic carbocycles. The number of benzene rings is 2. The lowest BCUT2D eigenvalue weighted by Crippen LogP contribution is -2.44. The lowest BCUT2D eigenvalue weighted by Gasteiger charge is -2.33. The minimum Gasteiger partial charge on any atom is -0.497 e. The van der Waals surface area contributed by atoms with Gasteiger partial charge in [0.15, 0.2) is 0 Å². The number of piperidine rings is 1. The summed E-state index contributed by atoms with van der Waals surface area (Å²) < 4.78 is 38.0. The van der Waals surface area contributed by atoms with Gasteiger partial charge in [0.2, 0.25) is 15.9 Å². The van der Waals surface area contributed by atoms with Crippen molar-refractivity contribution in [2.24, 2.45) is 5.92 Å². The van der Waals surface area contributed by atoms with Gasteiger partial charge in [-0.25, -0.2) is 13.1 Å². The Labute approximate surface area is 178 Å². The van der Waals surface area contributed by atoms with E-state index in [0.717, 1.165) is 24.2 Å². The molecule has 1 fully saturated rings. The first-order chi connectivity index (χ1) is 14.4. The minimum atomic E-state index is -3.60. The van der Waals surface area contributed by atoms with Gasteiger partial charge in [0.25, 0.3) is 0 Å². The molecule has 0 aliphatic carbocycles. The van der Waals surface area contributed by atoms with E-state index in [0.29, 0.717) is 31.8 Å². The third kappa shape index (κ3) is 5.73. The number of nitrogens with zero attached hydrogens (tertiary/aromatic N) is 1. The van der Waals surface area contributed by atoms with E-state index in [1.165, 1.54) is 19.2 Å². The number of carbonyl (C=O) groups is 1. The number of sulfonamides is 1. The van der Waals surface area contributed by atoms with Gasteiger partial charge in [-0.2, -0.15) is 0 Å². The first-order valence-electron chi connectivity index (χ1n) is 9.95. The summed E-state index contributed by atoms with van der Waals surface area (Å²) in [5.74, 6) is 1.51. The van der Waals surface area contributed by atoms with Crippen LogP contribution in [0.4, 0.5) is 0 Å². The van der Waals surface area contributed by atoms with Crippen LogP contribution in [0.2, 0.25) is 0 Å². The first-order valence-corrected chi connectivity index (χ1v) is 11.4. The molecule has 1 unspecified atom stereocenters. The van der Waals surface area contributed by atoms with Crippen molar-refractivity contribution in [3.63, 3.8) is 0 Å². The molecular weight excluding hydrogens is 404 g/mol. The highest BCUT2D eigenvalue weighted by Crippen LogP contribution is 2.20. The van der Waals surface area contributed by atoms with Crippen molar-refractivity contribution in [3.8, 4) is 11.5 Å². The van der Waals surface area contributed by atoms with E-state index in [-0.39, 0.29) is 16.7 Å². The molecule has 1 atom stereocenters. The molecule has 1 N–H and O–H groups in total.